The van der Waals surface area contributed by atoms with Crippen molar-refractivity contribution in [1.82, 2.24) is 5.14 Å². The van der Waals surface area contributed by atoms with Crippen LogP contribution in [0.1, 0.15) is 156 Å². The molecular formula is C32H58NO3S. The topological polar surface area (TPSA) is 67.2 Å². The Morgan fingerprint density at radius 1 is 0.703 bits per heavy atom. The van der Waals surface area contributed by atoms with Crippen LogP contribution in [0.15, 0.2) is 23.1 Å². The number of nitrogens with one attached hydrogen (secondary N) is 1. The van der Waals surface area contributed by atoms with Crippen LogP contribution < -0.4 is 9.88 Å². The van der Waals surface area contributed by atoms with Gasteiger partial charge in [0.05, 0.1) is 6.61 Å². The van der Waals surface area contributed by atoms with Gasteiger partial charge < -0.3 is 4.74 Å². The number of hydrogen-bond acceptors (Lipinski definition) is 3. The molecule has 0 atom stereocenters. The molecule has 1 radical (unpaired) electrons. The number of sulfonamides is 1. The van der Waals surface area contributed by atoms with Gasteiger partial charge in [0.1, 0.15) is 10.6 Å². The van der Waals surface area contributed by atoms with Crippen LogP contribution in [0.5, 0.6) is 5.75 Å². The van der Waals surface area contributed by atoms with Crippen molar-refractivity contribution in [2.75, 3.05) is 6.61 Å². The zero-order valence-corrected chi connectivity index (χ0v) is 25.9. The average molecular weight is 537 g/mol. The van der Waals surface area contributed by atoms with Gasteiger partial charge in [0.2, 0.25) is 0 Å². The minimum Gasteiger partial charge on any atom is -0.492 e. The van der Waals surface area contributed by atoms with Crippen molar-refractivity contribution in [2.24, 2.45) is 5.41 Å². The summed E-state index contributed by atoms with van der Waals surface area (Å²) in [7, 11) is -4.11. The second-order valence-electron chi connectivity index (χ2n) is 12.9. The zero-order valence-electron chi connectivity index (χ0n) is 25.1. The molecule has 4 nitrogen and oxygen atoms in total. The third-order valence-corrected chi connectivity index (χ3v) is 8.14. The molecule has 0 spiro atoms. The predicted molar refractivity (Wildman–Crippen MR) is 159 cm³/mol. The van der Waals surface area contributed by atoms with Crippen LogP contribution in [-0.2, 0) is 15.4 Å². The highest BCUT2D eigenvalue weighted by atomic mass is 32.2. The Morgan fingerprint density at radius 3 is 1.54 bits per heavy atom. The molecule has 0 bridgehead atoms. The van der Waals surface area contributed by atoms with Gasteiger partial charge in [-0.05, 0) is 41.4 Å². The van der Waals surface area contributed by atoms with E-state index in [4.69, 9.17) is 9.88 Å². The molecule has 0 saturated heterocycles. The highest BCUT2D eigenvalue weighted by Gasteiger charge is 2.29. The lowest BCUT2D eigenvalue weighted by Crippen LogP contribution is -2.25. The fourth-order valence-corrected chi connectivity index (χ4v) is 6.19. The molecule has 0 amide bonds. The smallest absolute Gasteiger partial charge is 0.257 e. The second-order valence-corrected chi connectivity index (χ2v) is 14.4. The lowest BCUT2D eigenvalue weighted by molar-refractivity contribution is 0.281. The number of hydrogen-bond donors (Lipinski definition) is 0. The Bertz CT molecular complexity index is 840. The second kappa shape index (κ2) is 17.5. The molecule has 0 heterocycles. The summed E-state index contributed by atoms with van der Waals surface area (Å²) in [5, 5.41) is 7.69. The molecule has 0 aliphatic heterocycles. The maximum absolute atomic E-state index is 12.2. The molecule has 215 valence electrons. The zero-order chi connectivity index (χ0) is 27.8. The molecule has 0 saturated carbocycles. The van der Waals surface area contributed by atoms with Gasteiger partial charge >= 0.3 is 0 Å². The van der Waals surface area contributed by atoms with Crippen LogP contribution in [0.3, 0.4) is 0 Å². The van der Waals surface area contributed by atoms with Crippen molar-refractivity contribution in [3.05, 3.63) is 23.8 Å². The SMILES string of the molecule is CCCCCCCCCCCCCCCCCCOc1ccc(C(C)(C)CC(C)(C)C)cc1S([NH])(=O)=O. The molecule has 0 aromatic heterocycles. The van der Waals surface area contributed by atoms with Crippen LogP contribution in [-0.4, -0.2) is 15.0 Å². The van der Waals surface area contributed by atoms with Gasteiger partial charge in [-0.3, -0.25) is 0 Å². The van der Waals surface area contributed by atoms with E-state index in [1.807, 2.05) is 6.07 Å². The largest absolute Gasteiger partial charge is 0.492 e. The molecule has 1 aromatic carbocycles. The highest BCUT2D eigenvalue weighted by Crippen LogP contribution is 2.38. The van der Waals surface area contributed by atoms with Crippen LogP contribution in [0.25, 0.3) is 0 Å². The lowest BCUT2D eigenvalue weighted by Gasteiger charge is -2.33. The normalized spacial score (nSPS) is 12.7. The molecule has 0 fully saturated rings. The first-order valence-electron chi connectivity index (χ1n) is 15.1. The van der Waals surface area contributed by atoms with E-state index in [0.717, 1.165) is 24.8 Å². The monoisotopic (exact) mass is 536 g/mol. The van der Waals surface area contributed by atoms with Crippen molar-refractivity contribution < 1.29 is 13.2 Å². The molecule has 1 aromatic rings. The molecule has 0 aliphatic rings. The minimum atomic E-state index is -4.11. The average Bonchev–Trinajstić information content (AvgIpc) is 2.79. The summed E-state index contributed by atoms with van der Waals surface area (Å²) in [6, 6.07) is 5.36. The van der Waals surface area contributed by atoms with Gasteiger partial charge in [-0.25, -0.2) is 8.42 Å². The van der Waals surface area contributed by atoms with E-state index in [0.29, 0.717) is 12.4 Å². The first kappa shape index (κ1) is 34.0. The van der Waals surface area contributed by atoms with Crippen molar-refractivity contribution in [3.63, 3.8) is 0 Å². The van der Waals surface area contributed by atoms with Crippen molar-refractivity contribution >= 4 is 10.0 Å². The molecule has 0 aliphatic carbocycles. The van der Waals surface area contributed by atoms with Crippen molar-refractivity contribution in [3.8, 4) is 5.75 Å². The van der Waals surface area contributed by atoms with Gasteiger partial charge in [-0.1, -0.05) is 144 Å². The number of unbranched alkanes of at least 4 members (excludes halogenated alkanes) is 15. The maximum Gasteiger partial charge on any atom is 0.257 e. The molecule has 1 rings (SSSR count). The third-order valence-electron chi connectivity index (χ3n) is 7.24. The summed E-state index contributed by atoms with van der Waals surface area (Å²) in [4.78, 5) is -0.0107. The van der Waals surface area contributed by atoms with E-state index in [1.165, 1.54) is 89.9 Å². The molecule has 1 N–H and O–H groups in total. The van der Waals surface area contributed by atoms with Crippen molar-refractivity contribution in [1.29, 1.82) is 0 Å². The molecule has 5 heteroatoms. The van der Waals surface area contributed by atoms with Crippen molar-refractivity contribution in [2.45, 2.75) is 161 Å². The Kier molecular flexibility index (Phi) is 16.1. The fraction of sp³-hybridized carbons (Fsp3) is 0.812. The van der Waals surface area contributed by atoms with Gasteiger partial charge in [-0.2, -0.15) is 0 Å². The van der Waals surface area contributed by atoms with E-state index in [9.17, 15) is 8.42 Å². The molecule has 37 heavy (non-hydrogen) atoms. The number of ether oxygens (including phenoxy) is 1. The Labute approximate surface area is 230 Å². The molecular weight excluding hydrogens is 478 g/mol. The first-order valence-corrected chi connectivity index (χ1v) is 16.6. The minimum absolute atomic E-state index is 0.0107. The fourth-order valence-electron chi connectivity index (χ4n) is 5.52. The molecule has 0 unspecified atom stereocenters. The summed E-state index contributed by atoms with van der Waals surface area (Å²) >= 11 is 0. The van der Waals surface area contributed by atoms with Crippen LogP contribution in [0.4, 0.5) is 0 Å². The maximum atomic E-state index is 12.2. The summed E-state index contributed by atoms with van der Waals surface area (Å²) in [5.74, 6) is 0.311. The van der Waals surface area contributed by atoms with Crippen LogP contribution in [0.2, 0.25) is 0 Å². The van der Waals surface area contributed by atoms with E-state index >= 15 is 0 Å². The third kappa shape index (κ3) is 15.8. The van der Waals surface area contributed by atoms with Gasteiger partial charge in [0, 0.05) is 0 Å². The first-order chi connectivity index (χ1) is 17.4. The summed E-state index contributed by atoms with van der Waals surface area (Å²) < 4.78 is 30.2. The van der Waals surface area contributed by atoms with E-state index < -0.39 is 10.0 Å². The summed E-state index contributed by atoms with van der Waals surface area (Å²) in [5.41, 5.74) is 0.860. The lowest BCUT2D eigenvalue weighted by atomic mass is 9.72. The van der Waals surface area contributed by atoms with E-state index in [2.05, 4.69) is 41.5 Å². The van der Waals surface area contributed by atoms with E-state index in [1.54, 1.807) is 12.1 Å². The van der Waals surface area contributed by atoms with Crippen LogP contribution in [0, 0.1) is 5.41 Å². The van der Waals surface area contributed by atoms with E-state index in [-0.39, 0.29) is 15.7 Å². The Morgan fingerprint density at radius 2 is 1.14 bits per heavy atom. The summed E-state index contributed by atoms with van der Waals surface area (Å²) in [6.45, 7) is 13.6. The number of benzene rings is 1. The Balaban J connectivity index is 2.26. The number of rotatable bonds is 21. The van der Waals surface area contributed by atoms with Crippen LogP contribution >= 0.6 is 0 Å². The predicted octanol–water partition coefficient (Wildman–Crippen LogP) is 10.0. The van der Waals surface area contributed by atoms with Gasteiger partial charge in [0.25, 0.3) is 10.0 Å². The Hall–Kier alpha value is -1.07. The van der Waals surface area contributed by atoms with Gasteiger partial charge in [-0.15, -0.1) is 5.14 Å². The summed E-state index contributed by atoms with van der Waals surface area (Å²) in [6.07, 6.45) is 22.0. The quantitative estimate of drug-likeness (QED) is 0.147. The highest BCUT2D eigenvalue weighted by molar-refractivity contribution is 7.89. The standard InChI is InChI=1S/C32H58NO3S/c1-7-8-9-10-11-12-13-14-15-16-17-18-19-20-21-22-25-36-29-24-23-28(26-30(29)37(33,34)35)32(5,6)27-31(2,3)4/h23-24,26,33H,7-22,25,27H2,1-6H3. The van der Waals surface area contributed by atoms with Gasteiger partial charge in [0.15, 0.2) is 0 Å².